The predicted molar refractivity (Wildman–Crippen MR) is 40.5 cm³/mol. The van der Waals surface area contributed by atoms with Crippen LogP contribution in [0.3, 0.4) is 0 Å². The monoisotopic (exact) mass is 140 g/mol. The van der Waals surface area contributed by atoms with Crippen LogP contribution in [-0.4, -0.2) is 11.2 Å². The van der Waals surface area contributed by atoms with E-state index in [4.69, 9.17) is 0 Å². The molecule has 5 atom stereocenters. The molecule has 0 saturated heterocycles. The van der Waals surface area contributed by atoms with Gasteiger partial charge in [0.05, 0.1) is 6.10 Å². The minimum Gasteiger partial charge on any atom is -0.393 e. The van der Waals surface area contributed by atoms with Gasteiger partial charge in [0.15, 0.2) is 0 Å². The van der Waals surface area contributed by atoms with Crippen molar-refractivity contribution in [3.63, 3.8) is 0 Å². The van der Waals surface area contributed by atoms with Crippen molar-refractivity contribution in [2.75, 3.05) is 0 Å². The molecule has 0 radical (unpaired) electrons. The van der Waals surface area contributed by atoms with Crippen LogP contribution in [0.2, 0.25) is 0 Å². The van der Waals surface area contributed by atoms with E-state index < -0.39 is 0 Å². The third kappa shape index (κ3) is 0.619. The second kappa shape index (κ2) is 1.97. The van der Waals surface area contributed by atoms with Crippen molar-refractivity contribution in [3.8, 4) is 0 Å². The second-order valence-corrected chi connectivity index (χ2v) is 4.11. The molecule has 10 heavy (non-hydrogen) atoms. The molecule has 2 bridgehead atoms. The molecule has 0 aromatic heterocycles. The van der Waals surface area contributed by atoms with E-state index in [0.717, 1.165) is 11.8 Å². The normalized spacial score (nSPS) is 59.7. The minimum atomic E-state index is 0.0463. The zero-order valence-electron chi connectivity index (χ0n) is 6.75. The van der Waals surface area contributed by atoms with Crippen molar-refractivity contribution in [2.24, 2.45) is 23.7 Å². The Morgan fingerprint density at radius 1 is 1.00 bits per heavy atom. The average molecular weight is 140 g/mol. The van der Waals surface area contributed by atoms with Crippen molar-refractivity contribution >= 4 is 0 Å². The van der Waals surface area contributed by atoms with Crippen molar-refractivity contribution < 1.29 is 5.11 Å². The summed E-state index contributed by atoms with van der Waals surface area (Å²) in [5.41, 5.74) is 0. The zero-order chi connectivity index (χ0) is 7.30. The summed E-state index contributed by atoms with van der Waals surface area (Å²) in [5.74, 6) is 2.82. The van der Waals surface area contributed by atoms with E-state index in [1.807, 2.05) is 0 Å². The summed E-state index contributed by atoms with van der Waals surface area (Å²) in [4.78, 5) is 0. The quantitative estimate of drug-likeness (QED) is 0.542. The van der Waals surface area contributed by atoms with Gasteiger partial charge in [0.1, 0.15) is 0 Å². The Labute approximate surface area is 62.4 Å². The predicted octanol–water partition coefficient (Wildman–Crippen LogP) is 1.66. The summed E-state index contributed by atoms with van der Waals surface area (Å²) in [7, 11) is 0. The van der Waals surface area contributed by atoms with Crippen molar-refractivity contribution in [1.82, 2.24) is 0 Å². The maximum atomic E-state index is 9.67. The summed E-state index contributed by atoms with van der Waals surface area (Å²) < 4.78 is 0. The van der Waals surface area contributed by atoms with Crippen LogP contribution in [0.15, 0.2) is 0 Å². The van der Waals surface area contributed by atoms with E-state index in [-0.39, 0.29) is 6.10 Å². The molecular formula is C9H16O. The Hall–Kier alpha value is -0.0400. The number of fused-ring (bicyclic) bond motifs is 2. The van der Waals surface area contributed by atoms with Crippen molar-refractivity contribution in [3.05, 3.63) is 0 Å². The third-order valence-electron chi connectivity index (χ3n) is 3.89. The smallest absolute Gasteiger partial charge is 0.0601 e. The number of hydrogen-bond donors (Lipinski definition) is 1. The van der Waals surface area contributed by atoms with E-state index in [2.05, 4.69) is 13.8 Å². The van der Waals surface area contributed by atoms with Gasteiger partial charge in [-0.25, -0.2) is 0 Å². The highest BCUT2D eigenvalue weighted by atomic mass is 16.3. The highest BCUT2D eigenvalue weighted by Crippen LogP contribution is 2.51. The molecule has 2 aliphatic carbocycles. The lowest BCUT2D eigenvalue weighted by Crippen LogP contribution is -2.15. The Bertz CT molecular complexity index is 120. The first-order valence-corrected chi connectivity index (χ1v) is 4.40. The molecule has 0 spiro atoms. The van der Waals surface area contributed by atoms with Gasteiger partial charge in [0.2, 0.25) is 0 Å². The number of aliphatic hydroxyl groups is 1. The summed E-state index contributed by atoms with van der Waals surface area (Å²) >= 11 is 0. The Morgan fingerprint density at radius 3 is 1.60 bits per heavy atom. The maximum absolute atomic E-state index is 9.67. The SMILES string of the molecule is C[C@@H]1[C@H](C)[C@@H]2CC[C@H]1C2O. The standard InChI is InChI=1S/C9H16O/c1-5-6(2)8-4-3-7(5)9(8)10/h5-10H,3-4H2,1-2H3/t5-,6+,7-,8+,9?. The molecule has 0 amide bonds. The molecule has 2 saturated carbocycles. The molecule has 1 unspecified atom stereocenters. The largest absolute Gasteiger partial charge is 0.393 e. The molecule has 0 aromatic carbocycles. The molecule has 0 heterocycles. The molecule has 0 aromatic rings. The molecule has 2 rings (SSSR count). The fraction of sp³-hybridized carbons (Fsp3) is 1.00. The first-order chi connectivity index (χ1) is 4.72. The molecule has 58 valence electrons. The topological polar surface area (TPSA) is 20.2 Å². The molecule has 2 fully saturated rings. The van der Waals surface area contributed by atoms with E-state index in [9.17, 15) is 5.11 Å². The molecule has 2 aliphatic rings. The fourth-order valence-corrected chi connectivity index (χ4v) is 2.97. The second-order valence-electron chi connectivity index (χ2n) is 4.11. The molecular weight excluding hydrogens is 124 g/mol. The van der Waals surface area contributed by atoms with Gasteiger partial charge in [-0.2, -0.15) is 0 Å². The van der Waals surface area contributed by atoms with Crippen LogP contribution in [0.5, 0.6) is 0 Å². The van der Waals surface area contributed by atoms with E-state index in [1.165, 1.54) is 12.8 Å². The number of hydrogen-bond acceptors (Lipinski definition) is 1. The van der Waals surface area contributed by atoms with E-state index >= 15 is 0 Å². The summed E-state index contributed by atoms with van der Waals surface area (Å²) in [6.07, 6.45) is 2.60. The Balaban J connectivity index is 2.21. The van der Waals surface area contributed by atoms with Crippen molar-refractivity contribution in [1.29, 1.82) is 0 Å². The summed E-state index contributed by atoms with van der Waals surface area (Å²) in [5, 5.41) is 9.67. The van der Waals surface area contributed by atoms with E-state index in [1.54, 1.807) is 0 Å². The van der Waals surface area contributed by atoms with Crippen LogP contribution < -0.4 is 0 Å². The first-order valence-electron chi connectivity index (χ1n) is 4.40. The fourth-order valence-electron chi connectivity index (χ4n) is 2.97. The van der Waals surface area contributed by atoms with Crippen LogP contribution in [0.25, 0.3) is 0 Å². The van der Waals surface area contributed by atoms with Gasteiger partial charge in [-0.15, -0.1) is 0 Å². The lowest BCUT2D eigenvalue weighted by molar-refractivity contribution is 0.119. The third-order valence-corrected chi connectivity index (χ3v) is 3.89. The van der Waals surface area contributed by atoms with E-state index in [0.29, 0.717) is 11.8 Å². The lowest BCUT2D eigenvalue weighted by Gasteiger charge is -2.23. The molecule has 1 heteroatoms. The maximum Gasteiger partial charge on any atom is 0.0601 e. The zero-order valence-corrected chi connectivity index (χ0v) is 6.75. The van der Waals surface area contributed by atoms with Crippen LogP contribution in [0.1, 0.15) is 26.7 Å². The Kier molecular flexibility index (Phi) is 1.31. The lowest BCUT2D eigenvalue weighted by atomic mass is 9.82. The Morgan fingerprint density at radius 2 is 1.40 bits per heavy atom. The molecule has 1 N–H and O–H groups in total. The van der Waals surface area contributed by atoms with Crippen LogP contribution in [-0.2, 0) is 0 Å². The number of rotatable bonds is 0. The van der Waals surface area contributed by atoms with Gasteiger partial charge in [-0.05, 0) is 36.5 Å². The van der Waals surface area contributed by atoms with Gasteiger partial charge >= 0.3 is 0 Å². The van der Waals surface area contributed by atoms with Crippen LogP contribution >= 0.6 is 0 Å². The summed E-state index contributed by atoms with van der Waals surface area (Å²) in [6, 6.07) is 0. The van der Waals surface area contributed by atoms with Gasteiger partial charge in [0.25, 0.3) is 0 Å². The van der Waals surface area contributed by atoms with Gasteiger partial charge in [0, 0.05) is 0 Å². The van der Waals surface area contributed by atoms with Gasteiger partial charge in [-0.1, -0.05) is 13.8 Å². The van der Waals surface area contributed by atoms with Crippen LogP contribution in [0, 0.1) is 23.7 Å². The molecule has 0 aliphatic heterocycles. The van der Waals surface area contributed by atoms with Crippen molar-refractivity contribution in [2.45, 2.75) is 32.8 Å². The van der Waals surface area contributed by atoms with Gasteiger partial charge < -0.3 is 5.11 Å². The highest BCUT2D eigenvalue weighted by Gasteiger charge is 2.49. The minimum absolute atomic E-state index is 0.0463. The molecule has 1 nitrogen and oxygen atoms in total. The number of aliphatic hydroxyl groups excluding tert-OH is 1. The highest BCUT2D eigenvalue weighted by molar-refractivity contribution is 4.99. The average Bonchev–Trinajstić information content (AvgIpc) is 2.34. The van der Waals surface area contributed by atoms with Crippen LogP contribution in [0.4, 0.5) is 0 Å². The summed E-state index contributed by atoms with van der Waals surface area (Å²) in [6.45, 7) is 4.58. The first kappa shape index (κ1) is 6.66. The van der Waals surface area contributed by atoms with Gasteiger partial charge in [-0.3, -0.25) is 0 Å².